The van der Waals surface area contributed by atoms with Crippen LogP contribution in [0.4, 0.5) is 5.95 Å². The Hall–Kier alpha value is -1.81. The minimum absolute atomic E-state index is 0.0660. The molecule has 0 radical (unpaired) electrons. The first-order valence-corrected chi connectivity index (χ1v) is 6.69. The van der Waals surface area contributed by atoms with E-state index in [-0.39, 0.29) is 12.1 Å². The molecule has 0 unspecified atom stereocenters. The van der Waals surface area contributed by atoms with Crippen LogP contribution in [0, 0.1) is 0 Å². The molecule has 9 nitrogen and oxygen atoms in total. The highest BCUT2D eigenvalue weighted by Crippen LogP contribution is 2.14. The van der Waals surface area contributed by atoms with Gasteiger partial charge in [-0.3, -0.25) is 4.79 Å². The van der Waals surface area contributed by atoms with E-state index in [1.807, 2.05) is 0 Å². The molecule has 0 aromatic carbocycles. The largest absolute Gasteiger partial charge is 0.349 e. The van der Waals surface area contributed by atoms with Crippen molar-refractivity contribution in [2.24, 2.45) is 0 Å². The van der Waals surface area contributed by atoms with E-state index in [4.69, 9.17) is 0 Å². The van der Waals surface area contributed by atoms with Crippen LogP contribution in [0.15, 0.2) is 12.4 Å². The number of rotatable bonds is 4. The van der Waals surface area contributed by atoms with Crippen LogP contribution in [0.25, 0.3) is 0 Å². The second-order valence-corrected chi connectivity index (χ2v) is 4.77. The van der Waals surface area contributed by atoms with Crippen LogP contribution in [0.3, 0.4) is 0 Å². The van der Waals surface area contributed by atoms with Gasteiger partial charge in [0.2, 0.25) is 5.95 Å². The van der Waals surface area contributed by atoms with E-state index in [1.165, 1.54) is 12.8 Å². The molecule has 1 aromatic heterocycles. The second-order valence-electron chi connectivity index (χ2n) is 4.77. The fourth-order valence-corrected chi connectivity index (χ4v) is 2.20. The number of hydrogen-bond acceptors (Lipinski definition) is 8. The Balaban J connectivity index is 1.54. The highest BCUT2D eigenvalue weighted by Gasteiger charge is 2.17. The van der Waals surface area contributed by atoms with Gasteiger partial charge in [-0.2, -0.15) is 11.1 Å². The Morgan fingerprint density at radius 1 is 1.25 bits per heavy atom. The van der Waals surface area contributed by atoms with Crippen molar-refractivity contribution < 1.29 is 4.79 Å². The summed E-state index contributed by atoms with van der Waals surface area (Å²) in [6.45, 7) is 2.42. The third kappa shape index (κ3) is 3.02. The van der Waals surface area contributed by atoms with Crippen molar-refractivity contribution >= 4 is 11.9 Å². The molecule has 0 spiro atoms. The van der Waals surface area contributed by atoms with Crippen LogP contribution >= 0.6 is 0 Å². The van der Waals surface area contributed by atoms with Gasteiger partial charge in [0.25, 0.3) is 5.91 Å². The maximum absolute atomic E-state index is 11.9. The monoisotopic (exact) mass is 278 g/mol. The standard InChI is InChI=1S/C11H18N8O/c20-10(12-7-9-15-17-18-16-9)8-5-13-11(14-6-8)19-3-1-2-4-19/h5-6,9,15-18H,1-4,7H2,(H,12,20). The Morgan fingerprint density at radius 2 is 1.90 bits per heavy atom. The number of nitrogens with zero attached hydrogens (tertiary/aromatic N) is 3. The SMILES string of the molecule is O=C(NCC1NNNN1)c1cnc(N2CCCC2)nc1. The van der Waals surface area contributed by atoms with Crippen molar-refractivity contribution in [3.8, 4) is 0 Å². The predicted octanol–water partition coefficient (Wildman–Crippen LogP) is -1.75. The quantitative estimate of drug-likeness (QED) is 0.441. The first kappa shape index (κ1) is 13.2. The lowest BCUT2D eigenvalue weighted by Crippen LogP contribution is -2.44. The van der Waals surface area contributed by atoms with E-state index < -0.39 is 0 Å². The van der Waals surface area contributed by atoms with E-state index in [1.54, 1.807) is 12.4 Å². The topological polar surface area (TPSA) is 106 Å². The summed E-state index contributed by atoms with van der Waals surface area (Å²) in [5.41, 5.74) is 11.6. The van der Waals surface area contributed by atoms with Gasteiger partial charge in [0.1, 0.15) is 6.17 Å². The van der Waals surface area contributed by atoms with Gasteiger partial charge in [-0.15, -0.1) is 0 Å². The molecule has 2 aliphatic heterocycles. The number of aromatic nitrogens is 2. The summed E-state index contributed by atoms with van der Waals surface area (Å²) in [6.07, 6.45) is 5.43. The van der Waals surface area contributed by atoms with Crippen molar-refractivity contribution in [3.63, 3.8) is 0 Å². The molecule has 2 aliphatic rings. The van der Waals surface area contributed by atoms with Crippen molar-refractivity contribution in [3.05, 3.63) is 18.0 Å². The van der Waals surface area contributed by atoms with Crippen LogP contribution in [0.2, 0.25) is 0 Å². The molecule has 20 heavy (non-hydrogen) atoms. The third-order valence-electron chi connectivity index (χ3n) is 3.31. The lowest BCUT2D eigenvalue weighted by Gasteiger charge is -2.14. The van der Waals surface area contributed by atoms with E-state index >= 15 is 0 Å². The summed E-state index contributed by atoms with van der Waals surface area (Å²) in [6, 6.07) is 0. The molecule has 3 rings (SSSR count). The fourth-order valence-electron chi connectivity index (χ4n) is 2.20. The Kier molecular flexibility index (Phi) is 4.02. The molecule has 3 heterocycles. The highest BCUT2D eigenvalue weighted by atomic mass is 16.1. The number of anilines is 1. The molecule has 0 bridgehead atoms. The lowest BCUT2D eigenvalue weighted by atomic mass is 10.3. The van der Waals surface area contributed by atoms with Crippen LogP contribution in [0.5, 0.6) is 0 Å². The van der Waals surface area contributed by atoms with Gasteiger partial charge in [-0.25, -0.2) is 20.8 Å². The summed E-state index contributed by atoms with van der Waals surface area (Å²) in [5, 5.41) is 2.79. The van der Waals surface area contributed by atoms with Gasteiger partial charge in [0.15, 0.2) is 0 Å². The van der Waals surface area contributed by atoms with E-state index in [0.29, 0.717) is 18.1 Å². The minimum atomic E-state index is -0.187. The summed E-state index contributed by atoms with van der Waals surface area (Å²) in [5.74, 6) is 0.514. The summed E-state index contributed by atoms with van der Waals surface area (Å²) in [4.78, 5) is 22.6. The summed E-state index contributed by atoms with van der Waals surface area (Å²) >= 11 is 0. The first-order chi connectivity index (χ1) is 9.83. The number of carbonyl (C=O) groups excluding carboxylic acids is 1. The van der Waals surface area contributed by atoms with Crippen molar-refractivity contribution in [2.75, 3.05) is 24.5 Å². The van der Waals surface area contributed by atoms with E-state index in [2.05, 4.69) is 42.1 Å². The van der Waals surface area contributed by atoms with Gasteiger partial charge in [-0.1, -0.05) is 0 Å². The zero-order valence-electron chi connectivity index (χ0n) is 11.0. The molecule has 1 amide bonds. The van der Waals surface area contributed by atoms with Gasteiger partial charge < -0.3 is 10.2 Å². The smallest absolute Gasteiger partial charge is 0.254 e. The molecule has 2 saturated heterocycles. The van der Waals surface area contributed by atoms with Crippen LogP contribution in [0.1, 0.15) is 23.2 Å². The second kappa shape index (κ2) is 6.09. The van der Waals surface area contributed by atoms with Gasteiger partial charge in [0.05, 0.1) is 5.56 Å². The molecule has 2 fully saturated rings. The molecule has 108 valence electrons. The Labute approximate surface area is 116 Å². The number of hydrogen-bond donors (Lipinski definition) is 5. The zero-order valence-corrected chi connectivity index (χ0v) is 11.0. The maximum atomic E-state index is 11.9. The maximum Gasteiger partial charge on any atom is 0.254 e. The molecule has 9 heteroatoms. The van der Waals surface area contributed by atoms with Crippen LogP contribution in [-0.4, -0.2) is 41.7 Å². The van der Waals surface area contributed by atoms with Crippen LogP contribution in [-0.2, 0) is 0 Å². The first-order valence-electron chi connectivity index (χ1n) is 6.69. The minimum Gasteiger partial charge on any atom is -0.349 e. The van der Waals surface area contributed by atoms with Crippen molar-refractivity contribution in [1.29, 1.82) is 0 Å². The summed E-state index contributed by atoms with van der Waals surface area (Å²) < 4.78 is 0. The van der Waals surface area contributed by atoms with Gasteiger partial charge >= 0.3 is 0 Å². The fraction of sp³-hybridized carbons (Fsp3) is 0.545. The van der Waals surface area contributed by atoms with Crippen LogP contribution < -0.4 is 32.1 Å². The molecule has 0 saturated carbocycles. The lowest BCUT2D eigenvalue weighted by molar-refractivity contribution is 0.0948. The third-order valence-corrected chi connectivity index (χ3v) is 3.31. The van der Waals surface area contributed by atoms with Gasteiger partial charge in [-0.05, 0) is 12.8 Å². The molecular weight excluding hydrogens is 260 g/mol. The van der Waals surface area contributed by atoms with E-state index in [9.17, 15) is 4.79 Å². The number of carbonyl (C=O) groups is 1. The molecule has 1 aromatic rings. The average molecular weight is 278 g/mol. The Bertz CT molecular complexity index is 452. The van der Waals surface area contributed by atoms with Crippen molar-refractivity contribution in [2.45, 2.75) is 19.0 Å². The summed E-state index contributed by atoms with van der Waals surface area (Å²) in [7, 11) is 0. The number of amides is 1. The zero-order chi connectivity index (χ0) is 13.8. The molecule has 0 atom stereocenters. The Morgan fingerprint density at radius 3 is 2.55 bits per heavy atom. The average Bonchev–Trinajstić information content (AvgIpc) is 3.18. The normalized spacial score (nSPS) is 19.5. The highest BCUT2D eigenvalue weighted by molar-refractivity contribution is 5.93. The van der Waals surface area contributed by atoms with Gasteiger partial charge in [0, 0.05) is 32.0 Å². The number of nitrogens with one attached hydrogen (secondary N) is 5. The molecular formula is C11H18N8O. The molecule has 0 aliphatic carbocycles. The molecule has 5 N–H and O–H groups in total. The number of hydrazine groups is 3. The predicted molar refractivity (Wildman–Crippen MR) is 72.1 cm³/mol. The van der Waals surface area contributed by atoms with Crippen molar-refractivity contribution in [1.82, 2.24) is 37.2 Å². The van der Waals surface area contributed by atoms with E-state index in [0.717, 1.165) is 13.1 Å².